The van der Waals surface area contributed by atoms with Crippen LogP contribution in [0.3, 0.4) is 0 Å². The zero-order valence-electron chi connectivity index (χ0n) is 14.9. The molecule has 0 saturated heterocycles. The van der Waals surface area contributed by atoms with Crippen molar-refractivity contribution in [3.63, 3.8) is 0 Å². The van der Waals surface area contributed by atoms with Gasteiger partial charge in [-0.1, -0.05) is 45.0 Å². The third kappa shape index (κ3) is 1.90. The minimum atomic E-state index is 0.173. The molecular formula is C20H29N2+. The van der Waals surface area contributed by atoms with Gasteiger partial charge in [0.05, 0.1) is 32.7 Å². The van der Waals surface area contributed by atoms with Crippen LogP contribution in [0.25, 0.3) is 16.5 Å². The van der Waals surface area contributed by atoms with E-state index in [0.717, 1.165) is 11.0 Å². The topological polar surface area (TPSA) is 4.93 Å². The van der Waals surface area contributed by atoms with Gasteiger partial charge >= 0.3 is 0 Å². The van der Waals surface area contributed by atoms with Crippen LogP contribution in [0.4, 0.5) is 0 Å². The maximum atomic E-state index is 2.52. The molecule has 2 aromatic rings. The molecule has 1 aromatic carbocycles. The van der Waals surface area contributed by atoms with E-state index >= 15 is 0 Å². The molecule has 0 saturated carbocycles. The molecule has 2 atom stereocenters. The van der Waals surface area contributed by atoms with Crippen molar-refractivity contribution < 1.29 is 4.48 Å². The molecule has 0 radical (unpaired) electrons. The van der Waals surface area contributed by atoms with E-state index in [4.69, 9.17) is 0 Å². The molecule has 118 valence electrons. The van der Waals surface area contributed by atoms with E-state index in [9.17, 15) is 0 Å². The monoisotopic (exact) mass is 297 g/mol. The Hall–Kier alpha value is -1.54. The first kappa shape index (κ1) is 15.4. The minimum absolute atomic E-state index is 0.173. The van der Waals surface area contributed by atoms with E-state index in [2.05, 4.69) is 69.0 Å². The number of benzene rings is 1. The second-order valence-electron chi connectivity index (χ2n) is 7.39. The molecular weight excluding hydrogens is 268 g/mol. The molecule has 4 rings (SSSR count). The van der Waals surface area contributed by atoms with Crippen molar-refractivity contribution in [3.05, 3.63) is 42.1 Å². The fourth-order valence-corrected chi connectivity index (χ4v) is 4.36. The van der Waals surface area contributed by atoms with E-state index in [1.165, 1.54) is 23.0 Å². The Morgan fingerprint density at radius 1 is 1.18 bits per heavy atom. The third-order valence-electron chi connectivity index (χ3n) is 5.67. The summed E-state index contributed by atoms with van der Waals surface area (Å²) in [4.78, 5) is 0. The predicted octanol–water partition coefficient (Wildman–Crippen LogP) is 4.55. The van der Waals surface area contributed by atoms with Crippen molar-refractivity contribution in [2.24, 2.45) is 5.92 Å². The van der Waals surface area contributed by atoms with Crippen LogP contribution < -0.4 is 0 Å². The summed E-state index contributed by atoms with van der Waals surface area (Å²) in [6, 6.07) is 8.99. The van der Waals surface area contributed by atoms with Gasteiger partial charge in [-0.05, 0) is 13.0 Å². The smallest absolute Gasteiger partial charge is 0.140 e. The van der Waals surface area contributed by atoms with Crippen molar-refractivity contribution in [2.75, 3.05) is 20.6 Å². The number of nitrogens with zero attached hydrogens (tertiary/aromatic N) is 2. The number of rotatable bonds is 0. The first-order chi connectivity index (χ1) is 10.4. The molecule has 0 fully saturated rings. The Bertz CT molecular complexity index is 735. The summed E-state index contributed by atoms with van der Waals surface area (Å²) in [6.07, 6.45) is 4.78. The quantitative estimate of drug-likeness (QED) is 0.629. The van der Waals surface area contributed by atoms with Gasteiger partial charge in [0, 0.05) is 28.6 Å². The summed E-state index contributed by atoms with van der Waals surface area (Å²) in [7, 11) is 4.77. The second kappa shape index (κ2) is 4.99. The molecule has 0 N–H and O–H groups in total. The molecule has 3 heterocycles. The molecule has 2 aliphatic heterocycles. The van der Waals surface area contributed by atoms with Crippen LogP contribution >= 0.6 is 0 Å². The highest BCUT2D eigenvalue weighted by atomic mass is 15.4. The van der Waals surface area contributed by atoms with Gasteiger partial charge in [-0.25, -0.2) is 0 Å². The van der Waals surface area contributed by atoms with Gasteiger partial charge in [-0.15, -0.1) is 0 Å². The van der Waals surface area contributed by atoms with Crippen LogP contribution in [0.2, 0.25) is 0 Å². The lowest BCUT2D eigenvalue weighted by Gasteiger charge is -2.53. The molecule has 1 aromatic heterocycles. The summed E-state index contributed by atoms with van der Waals surface area (Å²) in [6.45, 7) is 11.1. The lowest BCUT2D eigenvalue weighted by atomic mass is 9.75. The Morgan fingerprint density at radius 3 is 2.64 bits per heavy atom. The number of fused-ring (bicyclic) bond motifs is 2. The highest BCUT2D eigenvalue weighted by molar-refractivity contribution is 5.95. The van der Waals surface area contributed by atoms with Crippen molar-refractivity contribution in [1.29, 1.82) is 0 Å². The highest BCUT2D eigenvalue weighted by Crippen LogP contribution is 2.47. The van der Waals surface area contributed by atoms with Gasteiger partial charge < -0.3 is 9.05 Å². The van der Waals surface area contributed by atoms with Crippen LogP contribution in [0.1, 0.15) is 33.3 Å². The Morgan fingerprint density at radius 2 is 1.91 bits per heavy atom. The zero-order valence-corrected chi connectivity index (χ0v) is 14.9. The molecule has 0 amide bonds. The highest BCUT2D eigenvalue weighted by Gasteiger charge is 2.50. The first-order valence-electron chi connectivity index (χ1n) is 8.56. The van der Waals surface area contributed by atoms with E-state index < -0.39 is 0 Å². The van der Waals surface area contributed by atoms with Crippen molar-refractivity contribution in [3.8, 4) is 0 Å². The summed E-state index contributed by atoms with van der Waals surface area (Å²) in [5.74, 6) is 0.643. The molecule has 0 bridgehead atoms. The maximum absolute atomic E-state index is 2.52. The summed E-state index contributed by atoms with van der Waals surface area (Å²) in [5.41, 5.74) is 4.59. The average molecular weight is 297 g/mol. The molecule has 0 spiro atoms. The summed E-state index contributed by atoms with van der Waals surface area (Å²) >= 11 is 0. The molecule has 22 heavy (non-hydrogen) atoms. The largest absolute Gasteiger partial charge is 0.340 e. The molecule has 2 aliphatic rings. The zero-order chi connectivity index (χ0) is 16.1. The summed E-state index contributed by atoms with van der Waals surface area (Å²) in [5, 5.41) is 1.37. The predicted molar refractivity (Wildman–Crippen MR) is 95.8 cm³/mol. The molecule has 2 nitrogen and oxygen atoms in total. The normalized spacial score (nSPS) is 28.5. The van der Waals surface area contributed by atoms with Gasteiger partial charge in [0.2, 0.25) is 0 Å². The molecule has 2 unspecified atom stereocenters. The molecule has 0 aliphatic carbocycles. The fourth-order valence-electron chi connectivity index (χ4n) is 4.36. The Labute approximate surface area is 134 Å². The lowest BCUT2D eigenvalue weighted by Crippen LogP contribution is -2.64. The standard InChI is InChI=1S/C18H23N2.C2H6/c1-13-10-16-15-7-5-6-14-8-9-19(17(14)15)12-18(16,2)20(3,4)11-13;1-2/h5-10,13H,11-12H2,1-4H3;1-2H3/q+1;. The van der Waals surface area contributed by atoms with Gasteiger partial charge in [0.15, 0.2) is 0 Å². The number of aromatic nitrogens is 1. The number of para-hydroxylation sites is 1. The number of likely N-dealkylation sites (N-methyl/N-ethyl adjacent to an activating group) is 1. The van der Waals surface area contributed by atoms with Crippen molar-refractivity contribution in [2.45, 2.75) is 39.8 Å². The maximum Gasteiger partial charge on any atom is 0.140 e. The first-order valence-corrected chi connectivity index (χ1v) is 8.56. The number of hydrogen-bond donors (Lipinski definition) is 0. The van der Waals surface area contributed by atoms with Crippen LogP contribution in [0.15, 0.2) is 36.5 Å². The fraction of sp³-hybridized carbons (Fsp3) is 0.500. The molecule has 2 heteroatoms. The van der Waals surface area contributed by atoms with Crippen LogP contribution in [0.5, 0.6) is 0 Å². The van der Waals surface area contributed by atoms with Crippen LogP contribution in [-0.4, -0.2) is 35.2 Å². The van der Waals surface area contributed by atoms with Gasteiger partial charge in [-0.3, -0.25) is 0 Å². The Kier molecular flexibility index (Phi) is 3.48. The number of hydrogen-bond acceptors (Lipinski definition) is 0. The van der Waals surface area contributed by atoms with Gasteiger partial charge in [0.25, 0.3) is 0 Å². The van der Waals surface area contributed by atoms with E-state index in [0.29, 0.717) is 5.92 Å². The van der Waals surface area contributed by atoms with E-state index in [1.54, 1.807) is 5.57 Å². The van der Waals surface area contributed by atoms with E-state index in [1.807, 2.05) is 13.8 Å². The van der Waals surface area contributed by atoms with Crippen LogP contribution in [0, 0.1) is 5.92 Å². The number of quaternary nitrogens is 1. The lowest BCUT2D eigenvalue weighted by molar-refractivity contribution is -0.935. The van der Waals surface area contributed by atoms with Crippen molar-refractivity contribution in [1.82, 2.24) is 4.57 Å². The second-order valence-corrected chi connectivity index (χ2v) is 7.39. The average Bonchev–Trinajstić information content (AvgIpc) is 2.88. The minimum Gasteiger partial charge on any atom is -0.340 e. The Balaban J connectivity index is 0.000000693. The SMILES string of the molecule is CC.CC1C=C2c3cccc4ccn(c34)CC2(C)[N+](C)(C)C1. The third-order valence-corrected chi connectivity index (χ3v) is 5.67. The van der Waals surface area contributed by atoms with Crippen molar-refractivity contribution >= 4 is 16.5 Å². The van der Waals surface area contributed by atoms with E-state index in [-0.39, 0.29) is 5.54 Å². The van der Waals surface area contributed by atoms with Gasteiger partial charge in [-0.2, -0.15) is 0 Å². The summed E-state index contributed by atoms with van der Waals surface area (Å²) < 4.78 is 3.52. The van der Waals surface area contributed by atoms with Gasteiger partial charge in [0.1, 0.15) is 5.54 Å². The van der Waals surface area contributed by atoms with Crippen LogP contribution in [-0.2, 0) is 6.54 Å².